The molecule has 4 nitrogen and oxygen atoms in total. The molecule has 3 heterocycles. The van der Waals surface area contributed by atoms with Crippen molar-refractivity contribution in [2.45, 2.75) is 43.8 Å². The van der Waals surface area contributed by atoms with Crippen LogP contribution in [-0.4, -0.2) is 28.1 Å². The quantitative estimate of drug-likeness (QED) is 0.759. The zero-order valence-corrected chi connectivity index (χ0v) is 8.69. The van der Waals surface area contributed by atoms with Gasteiger partial charge in [-0.15, -0.1) is 0 Å². The van der Waals surface area contributed by atoms with Gasteiger partial charge in [-0.1, -0.05) is 0 Å². The van der Waals surface area contributed by atoms with Gasteiger partial charge in [-0.3, -0.25) is 0 Å². The molecule has 2 fully saturated rings. The summed E-state index contributed by atoms with van der Waals surface area (Å²) in [5, 5.41) is 7.04. The molecule has 2 unspecified atom stereocenters. The molecule has 2 atom stereocenters. The monoisotopic (exact) mass is 204 g/mol. The van der Waals surface area contributed by atoms with Crippen molar-refractivity contribution >= 4 is 5.95 Å². The Labute approximate surface area is 89.5 Å². The zero-order valence-electron chi connectivity index (χ0n) is 8.69. The van der Waals surface area contributed by atoms with Crippen molar-refractivity contribution in [2.75, 3.05) is 5.32 Å². The first-order valence-corrected chi connectivity index (χ1v) is 5.70. The number of hydrogen-bond donors (Lipinski definition) is 2. The van der Waals surface area contributed by atoms with Crippen LogP contribution in [0.4, 0.5) is 5.95 Å². The van der Waals surface area contributed by atoms with Gasteiger partial charge in [0.25, 0.3) is 0 Å². The van der Waals surface area contributed by atoms with E-state index < -0.39 is 0 Å². The molecular formula is C11H16N4. The van der Waals surface area contributed by atoms with Crippen LogP contribution in [0.3, 0.4) is 0 Å². The van der Waals surface area contributed by atoms with Crippen molar-refractivity contribution in [1.82, 2.24) is 15.3 Å². The molecule has 3 rings (SSSR count). The van der Waals surface area contributed by atoms with Crippen molar-refractivity contribution in [3.05, 3.63) is 18.5 Å². The smallest absolute Gasteiger partial charge is 0.222 e. The maximum absolute atomic E-state index is 4.20. The molecule has 0 amide bonds. The van der Waals surface area contributed by atoms with Gasteiger partial charge < -0.3 is 10.6 Å². The van der Waals surface area contributed by atoms with E-state index >= 15 is 0 Å². The fourth-order valence-electron chi connectivity index (χ4n) is 2.73. The predicted molar refractivity (Wildman–Crippen MR) is 58.6 cm³/mol. The van der Waals surface area contributed by atoms with Gasteiger partial charge in [0.05, 0.1) is 0 Å². The van der Waals surface area contributed by atoms with E-state index in [1.807, 2.05) is 6.07 Å². The summed E-state index contributed by atoms with van der Waals surface area (Å²) < 4.78 is 0. The van der Waals surface area contributed by atoms with Crippen molar-refractivity contribution < 1.29 is 0 Å². The number of aromatic nitrogens is 2. The van der Waals surface area contributed by atoms with Gasteiger partial charge in [-0.2, -0.15) is 0 Å². The van der Waals surface area contributed by atoms with E-state index in [4.69, 9.17) is 0 Å². The van der Waals surface area contributed by atoms with Crippen LogP contribution in [0.25, 0.3) is 0 Å². The average Bonchev–Trinajstić information content (AvgIpc) is 2.60. The first-order chi connectivity index (χ1) is 7.40. The molecule has 0 aromatic carbocycles. The summed E-state index contributed by atoms with van der Waals surface area (Å²) in [5.74, 6) is 0.767. The number of hydrogen-bond acceptors (Lipinski definition) is 4. The minimum absolute atomic E-state index is 0.547. The Balaban J connectivity index is 1.65. The average molecular weight is 204 g/mol. The maximum atomic E-state index is 4.20. The molecule has 2 saturated heterocycles. The number of rotatable bonds is 2. The van der Waals surface area contributed by atoms with Crippen LogP contribution in [0.5, 0.6) is 0 Å². The van der Waals surface area contributed by atoms with E-state index in [0.29, 0.717) is 18.1 Å². The highest BCUT2D eigenvalue weighted by atomic mass is 15.1. The molecule has 2 aliphatic rings. The predicted octanol–water partition coefficient (Wildman–Crippen LogP) is 1.17. The second kappa shape index (κ2) is 3.77. The molecule has 15 heavy (non-hydrogen) atoms. The fourth-order valence-corrected chi connectivity index (χ4v) is 2.73. The summed E-state index contributed by atoms with van der Waals surface area (Å²) in [7, 11) is 0. The lowest BCUT2D eigenvalue weighted by molar-refractivity contribution is 0.377. The molecule has 2 N–H and O–H groups in total. The highest BCUT2D eigenvalue weighted by molar-refractivity contribution is 5.25. The largest absolute Gasteiger partial charge is 0.351 e. The number of nitrogens with zero attached hydrogens (tertiary/aromatic N) is 2. The Morgan fingerprint density at radius 3 is 2.47 bits per heavy atom. The van der Waals surface area contributed by atoms with Crippen LogP contribution < -0.4 is 10.6 Å². The standard InChI is InChI=1S/C11H16N4/c1-4-12-11(13-5-1)15-10-6-8-2-3-9(7-10)14-8/h1,4-5,8-10,14H,2-3,6-7H2,(H,12,13,15). The molecular weight excluding hydrogens is 188 g/mol. The van der Waals surface area contributed by atoms with E-state index in [1.54, 1.807) is 12.4 Å². The third-order valence-electron chi connectivity index (χ3n) is 3.37. The summed E-state index contributed by atoms with van der Waals surface area (Å²) in [6.45, 7) is 0. The van der Waals surface area contributed by atoms with Crippen LogP contribution in [0.2, 0.25) is 0 Å². The molecule has 2 aliphatic heterocycles. The first-order valence-electron chi connectivity index (χ1n) is 5.70. The Morgan fingerprint density at radius 1 is 1.13 bits per heavy atom. The van der Waals surface area contributed by atoms with Crippen LogP contribution in [0.1, 0.15) is 25.7 Å². The number of anilines is 1. The Bertz CT molecular complexity index is 315. The molecule has 0 spiro atoms. The van der Waals surface area contributed by atoms with Crippen LogP contribution in [-0.2, 0) is 0 Å². The van der Waals surface area contributed by atoms with E-state index in [9.17, 15) is 0 Å². The molecule has 4 heteroatoms. The lowest BCUT2D eigenvalue weighted by Gasteiger charge is -2.29. The molecule has 0 saturated carbocycles. The van der Waals surface area contributed by atoms with E-state index in [0.717, 1.165) is 5.95 Å². The van der Waals surface area contributed by atoms with Gasteiger partial charge in [0.15, 0.2) is 0 Å². The molecule has 1 aromatic rings. The summed E-state index contributed by atoms with van der Waals surface area (Å²) in [4.78, 5) is 8.40. The van der Waals surface area contributed by atoms with Crippen LogP contribution in [0, 0.1) is 0 Å². The molecule has 0 radical (unpaired) electrons. The lowest BCUT2D eigenvalue weighted by atomic mass is 10.0. The Morgan fingerprint density at radius 2 is 1.80 bits per heavy atom. The lowest BCUT2D eigenvalue weighted by Crippen LogP contribution is -2.43. The Kier molecular flexibility index (Phi) is 2.29. The van der Waals surface area contributed by atoms with E-state index in [2.05, 4.69) is 20.6 Å². The summed E-state index contributed by atoms with van der Waals surface area (Å²) in [6, 6.07) is 3.82. The molecule has 80 valence electrons. The van der Waals surface area contributed by atoms with E-state index in [1.165, 1.54) is 25.7 Å². The van der Waals surface area contributed by atoms with Crippen molar-refractivity contribution in [3.8, 4) is 0 Å². The number of nitrogens with one attached hydrogen (secondary N) is 2. The SMILES string of the molecule is c1cnc(NC2CC3CCC(C2)N3)nc1. The topological polar surface area (TPSA) is 49.8 Å². The zero-order chi connectivity index (χ0) is 10.1. The van der Waals surface area contributed by atoms with Crippen molar-refractivity contribution in [1.29, 1.82) is 0 Å². The van der Waals surface area contributed by atoms with Gasteiger partial charge in [-0.05, 0) is 31.7 Å². The first kappa shape index (κ1) is 9.09. The summed E-state index contributed by atoms with van der Waals surface area (Å²) in [5.41, 5.74) is 0. The highest BCUT2D eigenvalue weighted by Gasteiger charge is 2.33. The van der Waals surface area contributed by atoms with Gasteiger partial charge in [0.2, 0.25) is 5.95 Å². The third-order valence-corrected chi connectivity index (χ3v) is 3.37. The molecule has 2 bridgehead atoms. The molecule has 0 aliphatic carbocycles. The third kappa shape index (κ3) is 1.95. The van der Waals surface area contributed by atoms with Crippen LogP contribution in [0.15, 0.2) is 18.5 Å². The van der Waals surface area contributed by atoms with Gasteiger partial charge >= 0.3 is 0 Å². The second-order valence-corrected chi connectivity index (χ2v) is 4.52. The van der Waals surface area contributed by atoms with E-state index in [-0.39, 0.29) is 0 Å². The highest BCUT2D eigenvalue weighted by Crippen LogP contribution is 2.27. The summed E-state index contributed by atoms with van der Waals surface area (Å²) >= 11 is 0. The van der Waals surface area contributed by atoms with Gasteiger partial charge in [-0.25, -0.2) is 9.97 Å². The van der Waals surface area contributed by atoms with Crippen molar-refractivity contribution in [3.63, 3.8) is 0 Å². The van der Waals surface area contributed by atoms with Gasteiger partial charge in [0, 0.05) is 30.5 Å². The fraction of sp³-hybridized carbons (Fsp3) is 0.636. The summed E-state index contributed by atoms with van der Waals surface area (Å²) in [6.07, 6.45) is 8.64. The second-order valence-electron chi connectivity index (χ2n) is 4.52. The minimum atomic E-state index is 0.547. The Hall–Kier alpha value is -1.16. The van der Waals surface area contributed by atoms with Crippen LogP contribution >= 0.6 is 0 Å². The van der Waals surface area contributed by atoms with Crippen molar-refractivity contribution in [2.24, 2.45) is 0 Å². The maximum Gasteiger partial charge on any atom is 0.222 e. The number of fused-ring (bicyclic) bond motifs is 2. The van der Waals surface area contributed by atoms with Gasteiger partial charge in [0.1, 0.15) is 0 Å². The number of piperidine rings is 1. The molecule has 1 aromatic heterocycles. The minimum Gasteiger partial charge on any atom is -0.351 e. The normalized spacial score (nSPS) is 34.0.